The van der Waals surface area contributed by atoms with Gasteiger partial charge in [-0.2, -0.15) is 0 Å². The van der Waals surface area contributed by atoms with Crippen LogP contribution in [-0.4, -0.2) is 35.6 Å². The van der Waals surface area contributed by atoms with Gasteiger partial charge in [0.25, 0.3) is 0 Å². The van der Waals surface area contributed by atoms with E-state index in [1.807, 2.05) is 0 Å². The van der Waals surface area contributed by atoms with E-state index in [1.54, 1.807) is 0 Å². The van der Waals surface area contributed by atoms with Gasteiger partial charge in [-0.25, -0.2) is 0 Å². The molecule has 1 fully saturated rings. The largest absolute Gasteiger partial charge is 0.481 e. The first-order valence-electron chi connectivity index (χ1n) is 5.92. The first kappa shape index (κ1) is 12.5. The highest BCUT2D eigenvalue weighted by Gasteiger charge is 2.28. The van der Waals surface area contributed by atoms with Crippen LogP contribution in [0.15, 0.2) is 0 Å². The van der Waals surface area contributed by atoms with Crippen molar-refractivity contribution in [2.24, 2.45) is 11.8 Å². The molecule has 0 aliphatic heterocycles. The van der Waals surface area contributed by atoms with Crippen molar-refractivity contribution in [1.29, 1.82) is 0 Å². The van der Waals surface area contributed by atoms with Crippen molar-refractivity contribution in [3.05, 3.63) is 0 Å². The van der Waals surface area contributed by atoms with Gasteiger partial charge in [-0.05, 0) is 31.7 Å². The lowest BCUT2D eigenvalue weighted by Crippen LogP contribution is -2.41. The molecule has 0 aromatic carbocycles. The Morgan fingerprint density at radius 3 is 2.67 bits per heavy atom. The molecule has 3 nitrogen and oxygen atoms in total. The SMILES string of the molecule is CC1CCC(C)C(N(C)CCC(=O)O)C1. The minimum absolute atomic E-state index is 0.258. The van der Waals surface area contributed by atoms with Gasteiger partial charge in [-0.15, -0.1) is 0 Å². The average Bonchev–Trinajstić information content (AvgIpc) is 2.18. The molecule has 1 aliphatic carbocycles. The Morgan fingerprint density at radius 2 is 2.07 bits per heavy atom. The fourth-order valence-corrected chi connectivity index (χ4v) is 2.55. The number of rotatable bonds is 4. The van der Waals surface area contributed by atoms with Crippen LogP contribution in [0.3, 0.4) is 0 Å². The second-order valence-electron chi connectivity index (χ2n) is 5.09. The summed E-state index contributed by atoms with van der Waals surface area (Å²) in [5.41, 5.74) is 0. The molecule has 0 aromatic heterocycles. The Hall–Kier alpha value is -0.570. The van der Waals surface area contributed by atoms with E-state index >= 15 is 0 Å². The van der Waals surface area contributed by atoms with Gasteiger partial charge >= 0.3 is 5.97 Å². The van der Waals surface area contributed by atoms with E-state index in [0.717, 1.165) is 5.92 Å². The molecule has 0 amide bonds. The molecule has 1 aliphatic rings. The Balaban J connectivity index is 2.41. The Kier molecular flexibility index (Phi) is 4.58. The molecule has 88 valence electrons. The number of hydrogen-bond donors (Lipinski definition) is 1. The van der Waals surface area contributed by atoms with Crippen LogP contribution < -0.4 is 0 Å². The Labute approximate surface area is 92.5 Å². The average molecular weight is 213 g/mol. The Bertz CT molecular complexity index is 218. The third-order valence-corrected chi connectivity index (χ3v) is 3.66. The fraction of sp³-hybridized carbons (Fsp3) is 0.917. The molecule has 0 saturated heterocycles. The number of carbonyl (C=O) groups is 1. The number of aliphatic carboxylic acids is 1. The van der Waals surface area contributed by atoms with E-state index in [1.165, 1.54) is 19.3 Å². The summed E-state index contributed by atoms with van der Waals surface area (Å²) in [7, 11) is 2.06. The molecule has 0 aromatic rings. The first-order chi connectivity index (χ1) is 7.00. The van der Waals surface area contributed by atoms with Gasteiger partial charge in [0, 0.05) is 12.6 Å². The maximum absolute atomic E-state index is 10.5. The van der Waals surface area contributed by atoms with Crippen molar-refractivity contribution >= 4 is 5.97 Å². The fourth-order valence-electron chi connectivity index (χ4n) is 2.55. The van der Waals surface area contributed by atoms with Crippen LogP contribution in [0.1, 0.15) is 39.5 Å². The number of carboxylic acids is 1. The van der Waals surface area contributed by atoms with Gasteiger partial charge in [0.1, 0.15) is 0 Å². The Morgan fingerprint density at radius 1 is 1.40 bits per heavy atom. The summed E-state index contributed by atoms with van der Waals surface area (Å²) in [6.45, 7) is 5.26. The van der Waals surface area contributed by atoms with Crippen LogP contribution >= 0.6 is 0 Å². The quantitative estimate of drug-likeness (QED) is 0.778. The van der Waals surface area contributed by atoms with Gasteiger partial charge in [0.05, 0.1) is 6.42 Å². The molecule has 3 heteroatoms. The molecule has 3 atom stereocenters. The topological polar surface area (TPSA) is 40.5 Å². The minimum atomic E-state index is -0.696. The van der Waals surface area contributed by atoms with Crippen LogP contribution in [0.2, 0.25) is 0 Å². The van der Waals surface area contributed by atoms with Gasteiger partial charge in [0.2, 0.25) is 0 Å². The standard InChI is InChI=1S/C12H23NO2/c1-9-4-5-10(2)11(8-9)13(3)7-6-12(14)15/h9-11H,4-8H2,1-3H3,(H,14,15). The van der Waals surface area contributed by atoms with Gasteiger partial charge in [-0.1, -0.05) is 20.3 Å². The molecular weight excluding hydrogens is 190 g/mol. The number of carboxylic acid groups (broad SMARTS) is 1. The molecule has 0 bridgehead atoms. The third kappa shape index (κ3) is 3.82. The number of hydrogen-bond acceptors (Lipinski definition) is 2. The summed E-state index contributed by atoms with van der Waals surface area (Å²) in [5, 5.41) is 8.65. The van der Waals surface area contributed by atoms with Crippen LogP contribution in [0.4, 0.5) is 0 Å². The maximum Gasteiger partial charge on any atom is 0.304 e. The van der Waals surface area contributed by atoms with E-state index in [9.17, 15) is 4.79 Å². The second-order valence-corrected chi connectivity index (χ2v) is 5.09. The van der Waals surface area contributed by atoms with Crippen molar-refractivity contribution in [3.8, 4) is 0 Å². The molecular formula is C12H23NO2. The lowest BCUT2D eigenvalue weighted by molar-refractivity contribution is -0.137. The molecule has 3 unspecified atom stereocenters. The normalized spacial score (nSPS) is 31.9. The predicted octanol–water partition coefficient (Wildman–Crippen LogP) is 2.22. The molecule has 1 saturated carbocycles. The number of nitrogens with zero attached hydrogens (tertiary/aromatic N) is 1. The van der Waals surface area contributed by atoms with Crippen LogP contribution in [0, 0.1) is 11.8 Å². The third-order valence-electron chi connectivity index (χ3n) is 3.66. The summed E-state index contributed by atoms with van der Waals surface area (Å²) < 4.78 is 0. The van der Waals surface area contributed by atoms with Crippen LogP contribution in [-0.2, 0) is 4.79 Å². The lowest BCUT2D eigenvalue weighted by Gasteiger charge is -2.38. The van der Waals surface area contributed by atoms with Crippen molar-refractivity contribution in [2.75, 3.05) is 13.6 Å². The van der Waals surface area contributed by atoms with Crippen molar-refractivity contribution < 1.29 is 9.90 Å². The van der Waals surface area contributed by atoms with E-state index in [0.29, 0.717) is 18.5 Å². The summed E-state index contributed by atoms with van der Waals surface area (Å²) >= 11 is 0. The maximum atomic E-state index is 10.5. The lowest BCUT2D eigenvalue weighted by atomic mass is 9.79. The second kappa shape index (κ2) is 5.50. The minimum Gasteiger partial charge on any atom is -0.481 e. The van der Waals surface area contributed by atoms with E-state index in [2.05, 4.69) is 25.8 Å². The monoisotopic (exact) mass is 213 g/mol. The highest BCUT2D eigenvalue weighted by Crippen LogP contribution is 2.31. The van der Waals surface area contributed by atoms with E-state index < -0.39 is 5.97 Å². The van der Waals surface area contributed by atoms with Crippen LogP contribution in [0.5, 0.6) is 0 Å². The summed E-state index contributed by atoms with van der Waals surface area (Å²) in [6.07, 6.45) is 4.08. The summed E-state index contributed by atoms with van der Waals surface area (Å²) in [5.74, 6) is 0.803. The van der Waals surface area contributed by atoms with Crippen molar-refractivity contribution in [3.63, 3.8) is 0 Å². The highest BCUT2D eigenvalue weighted by molar-refractivity contribution is 5.66. The summed E-state index contributed by atoms with van der Waals surface area (Å²) in [6, 6.07) is 0.577. The van der Waals surface area contributed by atoms with Gasteiger partial charge < -0.3 is 10.0 Å². The zero-order chi connectivity index (χ0) is 11.4. The molecule has 0 radical (unpaired) electrons. The van der Waals surface area contributed by atoms with Gasteiger partial charge in [0.15, 0.2) is 0 Å². The first-order valence-corrected chi connectivity index (χ1v) is 5.92. The molecule has 1 rings (SSSR count). The van der Waals surface area contributed by atoms with Crippen molar-refractivity contribution in [2.45, 2.75) is 45.6 Å². The zero-order valence-electron chi connectivity index (χ0n) is 10.1. The van der Waals surface area contributed by atoms with Gasteiger partial charge in [-0.3, -0.25) is 4.79 Å². The highest BCUT2D eigenvalue weighted by atomic mass is 16.4. The van der Waals surface area contributed by atoms with E-state index in [4.69, 9.17) is 5.11 Å². The predicted molar refractivity (Wildman–Crippen MR) is 60.8 cm³/mol. The molecule has 15 heavy (non-hydrogen) atoms. The van der Waals surface area contributed by atoms with E-state index in [-0.39, 0.29) is 6.42 Å². The molecule has 1 N–H and O–H groups in total. The molecule has 0 spiro atoms. The van der Waals surface area contributed by atoms with Crippen molar-refractivity contribution in [1.82, 2.24) is 4.90 Å². The zero-order valence-corrected chi connectivity index (χ0v) is 10.1. The molecule has 0 heterocycles. The summed E-state index contributed by atoms with van der Waals surface area (Å²) in [4.78, 5) is 12.7. The smallest absolute Gasteiger partial charge is 0.304 e. The van der Waals surface area contributed by atoms with Crippen LogP contribution in [0.25, 0.3) is 0 Å².